The third-order valence-corrected chi connectivity index (χ3v) is 17.7. The minimum absolute atomic E-state index is 0.395. The van der Waals surface area contributed by atoms with Gasteiger partial charge >= 0.3 is 0 Å². The molecular formula is C68H36N4OS2. The van der Waals surface area contributed by atoms with E-state index in [1.807, 2.05) is 48.5 Å². The molecule has 7 heteroatoms. The first-order chi connectivity index (χ1) is 37.2. The lowest BCUT2D eigenvalue weighted by atomic mass is 9.88. The molecule has 0 fully saturated rings. The summed E-state index contributed by atoms with van der Waals surface area (Å²) in [7, 11) is 0. The van der Waals surface area contributed by atoms with Crippen molar-refractivity contribution in [1.29, 1.82) is 5.26 Å². The van der Waals surface area contributed by atoms with Gasteiger partial charge in [0.05, 0.1) is 55.0 Å². The molecule has 16 aromatic rings. The summed E-state index contributed by atoms with van der Waals surface area (Å²) >= 11 is 3.59. The Bertz CT molecular complexity index is 5070. The lowest BCUT2D eigenvalue weighted by Crippen LogP contribution is -2.09. The molecular weight excluding hydrogens is 953 g/mol. The number of nitriles is 1. The average molecular weight is 989 g/mol. The van der Waals surface area contributed by atoms with Crippen molar-refractivity contribution in [3.05, 3.63) is 235 Å². The summed E-state index contributed by atoms with van der Waals surface area (Å²) in [6.45, 7) is 9.61. The fraction of sp³-hybridized carbons (Fsp3) is 0. The van der Waals surface area contributed by atoms with Crippen LogP contribution >= 0.6 is 22.7 Å². The molecule has 0 radical (unpaired) electrons. The number of nitrogens with zero attached hydrogens (tertiary/aromatic N) is 4. The molecule has 5 heterocycles. The van der Waals surface area contributed by atoms with Crippen LogP contribution in [0.25, 0.3) is 155 Å². The molecule has 346 valence electrons. The molecule has 0 bridgehead atoms. The van der Waals surface area contributed by atoms with Crippen molar-refractivity contribution in [2.45, 2.75) is 0 Å². The smallest absolute Gasteiger partial charge is 0.220 e. The number of fused-ring (bicyclic) bond motifs is 18. The first-order valence-corrected chi connectivity index (χ1v) is 26.6. The quantitative estimate of drug-likeness (QED) is 0.161. The zero-order valence-corrected chi connectivity index (χ0v) is 41.4. The zero-order chi connectivity index (χ0) is 49.5. The van der Waals surface area contributed by atoms with Crippen LogP contribution in [-0.2, 0) is 0 Å². The Morgan fingerprint density at radius 1 is 0.440 bits per heavy atom. The molecule has 0 saturated carbocycles. The van der Waals surface area contributed by atoms with Gasteiger partial charge in [-0.25, -0.2) is 4.85 Å². The third-order valence-electron chi connectivity index (χ3n) is 15.4. The van der Waals surface area contributed by atoms with Crippen LogP contribution in [0.1, 0.15) is 5.56 Å². The highest BCUT2D eigenvalue weighted by Crippen LogP contribution is 2.56. The van der Waals surface area contributed by atoms with E-state index in [9.17, 15) is 11.8 Å². The van der Waals surface area contributed by atoms with Crippen LogP contribution in [0.15, 0.2) is 223 Å². The SMILES string of the molecule is [C-]#[N+]c1c(-c2ccccc2)c(C#N)c(-n2c3ccccc3c3c(-c4ccccc4)cc4c5ccccc5oc4c32)c(-c2ccccc2)c1-n1c2c(ccc3c4ccccc4sc32)c2ccc3c4ccccc4sc3c21. The molecule has 0 N–H and O–H groups in total. The number of hydrogen-bond acceptors (Lipinski definition) is 4. The third kappa shape index (κ3) is 5.74. The number of benzene rings is 11. The largest absolute Gasteiger partial charge is 0.454 e. The second-order valence-electron chi connectivity index (χ2n) is 19.2. The molecule has 5 aromatic heterocycles. The summed E-state index contributed by atoms with van der Waals surface area (Å²) in [5, 5.41) is 23.2. The summed E-state index contributed by atoms with van der Waals surface area (Å²) in [5.41, 5.74) is 12.6. The Morgan fingerprint density at radius 2 is 0.947 bits per heavy atom. The van der Waals surface area contributed by atoms with Crippen LogP contribution < -0.4 is 0 Å². The van der Waals surface area contributed by atoms with Gasteiger partial charge in [0.15, 0.2) is 5.58 Å². The van der Waals surface area contributed by atoms with Crippen molar-refractivity contribution in [2.24, 2.45) is 0 Å². The fourth-order valence-corrected chi connectivity index (χ4v) is 14.8. The van der Waals surface area contributed by atoms with E-state index in [2.05, 4.69) is 185 Å². The molecule has 0 saturated heterocycles. The van der Waals surface area contributed by atoms with Gasteiger partial charge in [0, 0.05) is 74.4 Å². The Kier molecular flexibility index (Phi) is 8.85. The summed E-state index contributed by atoms with van der Waals surface area (Å²) in [6.07, 6.45) is 0. The van der Waals surface area contributed by atoms with Crippen LogP contribution in [0.3, 0.4) is 0 Å². The Morgan fingerprint density at radius 3 is 1.55 bits per heavy atom. The molecule has 0 aliphatic rings. The second kappa shape index (κ2) is 15.9. The highest BCUT2D eigenvalue weighted by molar-refractivity contribution is 7.27. The number of rotatable bonds is 5. The van der Waals surface area contributed by atoms with E-state index in [4.69, 9.17) is 9.26 Å². The average Bonchev–Trinajstić information content (AvgIpc) is 4.41. The molecule has 0 aliphatic heterocycles. The fourth-order valence-electron chi connectivity index (χ4n) is 12.3. The monoisotopic (exact) mass is 988 g/mol. The van der Waals surface area contributed by atoms with Crippen LogP contribution in [0.4, 0.5) is 5.69 Å². The number of thiophene rings is 2. The highest BCUT2D eigenvalue weighted by Gasteiger charge is 2.34. The van der Waals surface area contributed by atoms with E-state index in [0.29, 0.717) is 28.2 Å². The topological polar surface area (TPSA) is 51.1 Å². The maximum atomic E-state index is 12.3. The van der Waals surface area contributed by atoms with Gasteiger partial charge in [0.25, 0.3) is 0 Å². The van der Waals surface area contributed by atoms with Crippen LogP contribution in [-0.4, -0.2) is 9.13 Å². The molecule has 0 spiro atoms. The van der Waals surface area contributed by atoms with Gasteiger partial charge in [-0.15, -0.1) is 22.7 Å². The molecule has 5 nitrogen and oxygen atoms in total. The van der Waals surface area contributed by atoms with Gasteiger partial charge in [0.1, 0.15) is 11.7 Å². The summed E-state index contributed by atoms with van der Waals surface area (Å²) in [5.74, 6) is 0. The normalized spacial score (nSPS) is 12.0. The lowest BCUT2D eigenvalue weighted by Gasteiger charge is -2.26. The van der Waals surface area contributed by atoms with E-state index < -0.39 is 0 Å². The summed E-state index contributed by atoms with van der Waals surface area (Å²) in [4.78, 5) is 4.69. The van der Waals surface area contributed by atoms with E-state index in [1.54, 1.807) is 22.7 Å². The maximum Gasteiger partial charge on any atom is 0.220 e. The van der Waals surface area contributed by atoms with Crippen LogP contribution in [0.5, 0.6) is 0 Å². The van der Waals surface area contributed by atoms with Crippen LogP contribution in [0.2, 0.25) is 0 Å². The van der Waals surface area contributed by atoms with Gasteiger partial charge < -0.3 is 13.6 Å². The van der Waals surface area contributed by atoms with Crippen molar-refractivity contribution in [3.8, 4) is 50.8 Å². The molecule has 0 aliphatic carbocycles. The first kappa shape index (κ1) is 41.8. The molecule has 11 aromatic carbocycles. The summed E-state index contributed by atoms with van der Waals surface area (Å²) < 4.78 is 16.5. The summed E-state index contributed by atoms with van der Waals surface area (Å²) in [6, 6.07) is 79.5. The van der Waals surface area contributed by atoms with Gasteiger partial charge in [-0.2, -0.15) is 5.26 Å². The Labute approximate surface area is 436 Å². The molecule has 0 amide bonds. The van der Waals surface area contributed by atoms with Crippen molar-refractivity contribution < 1.29 is 4.42 Å². The Hall–Kier alpha value is -9.76. The highest BCUT2D eigenvalue weighted by atomic mass is 32.1. The lowest BCUT2D eigenvalue weighted by molar-refractivity contribution is 0.671. The van der Waals surface area contributed by atoms with Gasteiger partial charge in [-0.3, -0.25) is 0 Å². The minimum atomic E-state index is 0.395. The Balaban J connectivity index is 1.22. The standard InChI is InChI=1S/C68H36N4OS2/c1-70-60-57(40-21-7-3-8-22-40)52(38-69)61(71-53-29-15-11-28-49(53)59-50(39-19-5-2-6-20-39)37-51-42-25-12-16-30-54(42)73-66(51)65(59)71)58(41-23-9-4-10-24-41)64(60)72-62-45(33-35-47-43-26-13-17-31-55(43)74-67(47)62)46-34-36-48-44-27-14-18-32-56(44)75-68(48)63(46)72/h2-37H. The van der Waals surface area contributed by atoms with Gasteiger partial charge in [-0.1, -0.05) is 188 Å². The predicted octanol–water partition coefficient (Wildman–Crippen LogP) is 19.9. The predicted molar refractivity (Wildman–Crippen MR) is 315 cm³/mol. The van der Waals surface area contributed by atoms with Crippen molar-refractivity contribution in [1.82, 2.24) is 9.13 Å². The molecule has 0 unspecified atom stereocenters. The van der Waals surface area contributed by atoms with Gasteiger partial charge in [-0.05, 0) is 52.6 Å². The van der Waals surface area contributed by atoms with Gasteiger partial charge in [0.2, 0.25) is 5.69 Å². The molecule has 75 heavy (non-hydrogen) atoms. The maximum absolute atomic E-state index is 12.3. The number of hydrogen-bond donors (Lipinski definition) is 0. The minimum Gasteiger partial charge on any atom is -0.454 e. The van der Waals surface area contributed by atoms with Crippen LogP contribution in [0, 0.1) is 17.9 Å². The van der Waals surface area contributed by atoms with E-state index >= 15 is 0 Å². The zero-order valence-electron chi connectivity index (χ0n) is 39.8. The van der Waals surface area contributed by atoms with E-state index in [1.165, 1.54) is 20.2 Å². The number of furan rings is 1. The van der Waals surface area contributed by atoms with E-state index in [-0.39, 0.29) is 0 Å². The van der Waals surface area contributed by atoms with Crippen molar-refractivity contribution >= 4 is 134 Å². The van der Waals surface area contributed by atoms with E-state index in [0.717, 1.165) is 114 Å². The van der Waals surface area contributed by atoms with Crippen molar-refractivity contribution in [2.75, 3.05) is 0 Å². The molecule has 16 rings (SSSR count). The molecule has 0 atom stereocenters. The second-order valence-corrected chi connectivity index (χ2v) is 21.3. The number of para-hydroxylation sites is 2. The first-order valence-electron chi connectivity index (χ1n) is 24.9. The number of aromatic nitrogens is 2. The van der Waals surface area contributed by atoms with Crippen molar-refractivity contribution in [3.63, 3.8) is 0 Å².